The highest BCUT2D eigenvalue weighted by molar-refractivity contribution is 5.85. The first-order valence-corrected chi connectivity index (χ1v) is 10.7. The van der Waals surface area contributed by atoms with Crippen molar-refractivity contribution in [2.75, 3.05) is 19.7 Å². The van der Waals surface area contributed by atoms with Crippen LogP contribution in [0.2, 0.25) is 0 Å². The second-order valence-corrected chi connectivity index (χ2v) is 8.29. The molecule has 1 aromatic heterocycles. The summed E-state index contributed by atoms with van der Waals surface area (Å²) >= 11 is 0. The predicted octanol–water partition coefficient (Wildman–Crippen LogP) is 3.26. The average molecular weight is 415 g/mol. The van der Waals surface area contributed by atoms with E-state index in [9.17, 15) is 9.59 Å². The van der Waals surface area contributed by atoms with Crippen LogP contribution in [0.5, 0.6) is 5.75 Å². The van der Waals surface area contributed by atoms with Crippen LogP contribution in [0, 0.1) is 0 Å². The third-order valence-electron chi connectivity index (χ3n) is 5.67. The first-order valence-electron chi connectivity index (χ1n) is 10.7. The molecule has 1 aliphatic heterocycles. The van der Waals surface area contributed by atoms with Crippen LogP contribution in [0.25, 0.3) is 11.0 Å². The number of rotatable bonds is 5. The molecule has 1 amide bonds. The van der Waals surface area contributed by atoms with Crippen molar-refractivity contribution in [1.82, 2.24) is 4.90 Å². The van der Waals surface area contributed by atoms with E-state index in [0.29, 0.717) is 18.8 Å². The molecule has 0 bridgehead atoms. The van der Waals surface area contributed by atoms with Gasteiger partial charge in [-0.1, -0.05) is 0 Å². The molecule has 2 aliphatic rings. The highest BCUT2D eigenvalue weighted by Crippen LogP contribution is 2.33. The van der Waals surface area contributed by atoms with Crippen molar-refractivity contribution >= 4 is 22.8 Å². The van der Waals surface area contributed by atoms with E-state index in [4.69, 9.17) is 18.6 Å². The molecule has 4 rings (SSSR count). The van der Waals surface area contributed by atoms with Gasteiger partial charge in [-0.25, -0.2) is 4.79 Å². The van der Waals surface area contributed by atoms with Crippen LogP contribution in [0.4, 0.5) is 0 Å². The molecule has 3 unspecified atom stereocenters. The number of aryl methyl sites for hydroxylation is 2. The molecule has 3 atom stereocenters. The molecule has 2 heterocycles. The predicted molar refractivity (Wildman–Crippen MR) is 110 cm³/mol. The van der Waals surface area contributed by atoms with Gasteiger partial charge in [-0.2, -0.15) is 0 Å². The summed E-state index contributed by atoms with van der Waals surface area (Å²) in [6.07, 6.45) is 3.36. The van der Waals surface area contributed by atoms with Gasteiger partial charge in [0.2, 0.25) is 0 Å². The van der Waals surface area contributed by atoms with Gasteiger partial charge in [0.1, 0.15) is 17.1 Å². The van der Waals surface area contributed by atoms with E-state index in [0.717, 1.165) is 42.4 Å². The van der Waals surface area contributed by atoms with Crippen molar-refractivity contribution in [3.8, 4) is 5.75 Å². The fraction of sp³-hybridized carbons (Fsp3) is 0.565. The number of ether oxygens (including phenoxy) is 3. The van der Waals surface area contributed by atoms with Crippen LogP contribution in [0.15, 0.2) is 22.6 Å². The number of benzene rings is 1. The van der Waals surface area contributed by atoms with E-state index in [1.54, 1.807) is 17.9 Å². The minimum Gasteiger partial charge on any atom is -0.482 e. The van der Waals surface area contributed by atoms with Gasteiger partial charge in [0.05, 0.1) is 12.2 Å². The van der Waals surface area contributed by atoms with Crippen LogP contribution in [-0.4, -0.2) is 54.8 Å². The van der Waals surface area contributed by atoms with Crippen LogP contribution < -0.4 is 4.74 Å². The van der Waals surface area contributed by atoms with E-state index < -0.39 is 12.1 Å². The van der Waals surface area contributed by atoms with Crippen molar-refractivity contribution in [3.05, 3.63) is 29.5 Å². The molecule has 7 nitrogen and oxygen atoms in total. The maximum absolute atomic E-state index is 12.6. The van der Waals surface area contributed by atoms with Crippen LogP contribution in [0.3, 0.4) is 0 Å². The Balaban J connectivity index is 1.32. The van der Waals surface area contributed by atoms with Gasteiger partial charge in [-0.3, -0.25) is 4.79 Å². The number of carbonyl (C=O) groups excluding carboxylic acids is 2. The second-order valence-electron chi connectivity index (χ2n) is 8.29. The normalized spacial score (nSPS) is 22.4. The lowest BCUT2D eigenvalue weighted by Crippen LogP contribution is -2.51. The summed E-state index contributed by atoms with van der Waals surface area (Å²) in [7, 11) is 0. The Morgan fingerprint density at radius 2 is 1.90 bits per heavy atom. The smallest absolute Gasteiger partial charge is 0.344 e. The topological polar surface area (TPSA) is 78.2 Å². The molecule has 0 radical (unpaired) electrons. The number of amides is 1. The Morgan fingerprint density at radius 1 is 1.17 bits per heavy atom. The molecule has 1 aliphatic carbocycles. The number of hydrogen-bond acceptors (Lipinski definition) is 6. The van der Waals surface area contributed by atoms with E-state index >= 15 is 0 Å². The lowest BCUT2D eigenvalue weighted by atomic mass is 9.96. The third-order valence-corrected chi connectivity index (χ3v) is 5.67. The fourth-order valence-electron chi connectivity index (χ4n) is 4.37. The molecule has 0 saturated carbocycles. The largest absolute Gasteiger partial charge is 0.482 e. The molecule has 1 saturated heterocycles. The summed E-state index contributed by atoms with van der Waals surface area (Å²) in [6, 6.07) is 5.58. The second kappa shape index (κ2) is 8.68. The van der Waals surface area contributed by atoms with Gasteiger partial charge in [0.15, 0.2) is 12.7 Å². The number of fused-ring (bicyclic) bond motifs is 3. The summed E-state index contributed by atoms with van der Waals surface area (Å²) in [6.45, 7) is 6.18. The first-order chi connectivity index (χ1) is 14.4. The molecule has 0 N–H and O–H groups in total. The summed E-state index contributed by atoms with van der Waals surface area (Å²) < 4.78 is 22.5. The molecule has 0 spiro atoms. The minimum absolute atomic E-state index is 0.0347. The Kier molecular flexibility index (Phi) is 5.99. The van der Waals surface area contributed by atoms with Crippen molar-refractivity contribution in [3.63, 3.8) is 0 Å². The number of carbonyl (C=O) groups is 2. The quantitative estimate of drug-likeness (QED) is 0.698. The van der Waals surface area contributed by atoms with E-state index in [1.165, 1.54) is 5.56 Å². The zero-order valence-electron chi connectivity index (χ0n) is 17.8. The number of furan rings is 1. The number of nitrogens with zero attached hydrogens (tertiary/aromatic N) is 1. The highest BCUT2D eigenvalue weighted by Gasteiger charge is 2.30. The summed E-state index contributed by atoms with van der Waals surface area (Å²) in [5.74, 6) is 0.867. The lowest BCUT2D eigenvalue weighted by Gasteiger charge is -2.36. The highest BCUT2D eigenvalue weighted by atomic mass is 16.6. The summed E-state index contributed by atoms with van der Waals surface area (Å²) in [5.41, 5.74) is 2.10. The maximum Gasteiger partial charge on any atom is 0.344 e. The summed E-state index contributed by atoms with van der Waals surface area (Å²) in [4.78, 5) is 26.5. The Hall–Kier alpha value is -2.54. The third kappa shape index (κ3) is 4.46. The number of esters is 1. The van der Waals surface area contributed by atoms with E-state index in [2.05, 4.69) is 0 Å². The standard InChI is InChI=1S/C23H29NO6/c1-14-11-24(12-15(2)28-14)23(26)16(3)29-22(25)13-27-17-8-9-21-19(10-17)18-6-4-5-7-20(18)30-21/h8-10,14-16H,4-7,11-13H2,1-3H3. The molecular formula is C23H29NO6. The minimum atomic E-state index is -0.859. The van der Waals surface area contributed by atoms with Crippen LogP contribution >= 0.6 is 0 Å². The Bertz CT molecular complexity index is 925. The molecule has 2 aromatic rings. The zero-order chi connectivity index (χ0) is 21.3. The SMILES string of the molecule is CC1CN(C(=O)C(C)OC(=O)COc2ccc3oc4c(c3c2)CCCC4)CC(C)O1. The lowest BCUT2D eigenvalue weighted by molar-refractivity contribution is -0.165. The average Bonchev–Trinajstić information content (AvgIpc) is 3.09. The molecule has 1 fully saturated rings. The number of morpholine rings is 1. The number of hydrogen-bond donors (Lipinski definition) is 0. The van der Waals surface area contributed by atoms with Crippen molar-refractivity contribution in [1.29, 1.82) is 0 Å². The van der Waals surface area contributed by atoms with Gasteiger partial charge in [0.25, 0.3) is 5.91 Å². The van der Waals surface area contributed by atoms with Gasteiger partial charge in [-0.05, 0) is 58.2 Å². The molecule has 1 aromatic carbocycles. The van der Waals surface area contributed by atoms with Crippen molar-refractivity contribution in [2.45, 2.75) is 64.8 Å². The van der Waals surface area contributed by atoms with Crippen LogP contribution in [-0.2, 0) is 31.9 Å². The Labute approximate surface area is 176 Å². The molecule has 7 heteroatoms. The van der Waals surface area contributed by atoms with Crippen LogP contribution in [0.1, 0.15) is 44.9 Å². The molecule has 162 valence electrons. The Morgan fingerprint density at radius 3 is 2.67 bits per heavy atom. The van der Waals surface area contributed by atoms with Gasteiger partial charge >= 0.3 is 5.97 Å². The van der Waals surface area contributed by atoms with Crippen molar-refractivity contribution in [2.24, 2.45) is 0 Å². The van der Waals surface area contributed by atoms with Gasteiger partial charge < -0.3 is 23.5 Å². The maximum atomic E-state index is 12.6. The van der Waals surface area contributed by atoms with E-state index in [1.807, 2.05) is 26.0 Å². The van der Waals surface area contributed by atoms with Gasteiger partial charge in [0, 0.05) is 30.5 Å². The fourth-order valence-corrected chi connectivity index (χ4v) is 4.37. The van der Waals surface area contributed by atoms with E-state index in [-0.39, 0.29) is 24.7 Å². The molecule has 30 heavy (non-hydrogen) atoms. The summed E-state index contributed by atoms with van der Waals surface area (Å²) in [5, 5.41) is 1.05. The first kappa shape index (κ1) is 20.7. The monoisotopic (exact) mass is 415 g/mol. The van der Waals surface area contributed by atoms with Gasteiger partial charge in [-0.15, -0.1) is 0 Å². The van der Waals surface area contributed by atoms with Crippen molar-refractivity contribution < 1.29 is 28.2 Å². The zero-order valence-corrected chi connectivity index (χ0v) is 17.8. The molecular weight excluding hydrogens is 386 g/mol.